The van der Waals surface area contributed by atoms with Gasteiger partial charge in [0.15, 0.2) is 0 Å². The Morgan fingerprint density at radius 2 is 1.94 bits per heavy atom. The molecular formula is C14H9NO3. The molecule has 0 aliphatic heterocycles. The molecule has 2 aromatic carbocycles. The summed E-state index contributed by atoms with van der Waals surface area (Å²) in [6, 6.07) is 10.2. The molecule has 0 unspecified atom stereocenters. The molecule has 0 fully saturated rings. The summed E-state index contributed by atoms with van der Waals surface area (Å²) in [6.45, 7) is 1.87. The topological polar surface area (TPSA) is 59.6 Å². The molecule has 0 aliphatic rings. The van der Waals surface area contributed by atoms with Crippen molar-refractivity contribution in [2.45, 2.75) is 6.92 Å². The molecule has 0 saturated carbocycles. The first-order valence-electron chi connectivity index (χ1n) is 5.49. The lowest BCUT2D eigenvalue weighted by Crippen LogP contribution is -1.97. The summed E-state index contributed by atoms with van der Waals surface area (Å²) in [5, 5.41) is 5.65. The zero-order valence-electron chi connectivity index (χ0n) is 9.64. The van der Waals surface area contributed by atoms with E-state index in [4.69, 9.17) is 4.42 Å². The van der Waals surface area contributed by atoms with Gasteiger partial charge in [0, 0.05) is 11.5 Å². The van der Waals surface area contributed by atoms with Gasteiger partial charge < -0.3 is 4.42 Å². The molecule has 4 nitrogen and oxygen atoms in total. The maximum absolute atomic E-state index is 11.3. The SMILES string of the molecule is Cc1cc(=O)oc2ccc3cc(N=O)ccc3c12. The normalized spacial score (nSPS) is 10.9. The highest BCUT2D eigenvalue weighted by Crippen LogP contribution is 2.29. The van der Waals surface area contributed by atoms with E-state index in [1.54, 1.807) is 18.2 Å². The Kier molecular flexibility index (Phi) is 2.23. The number of hydrogen-bond donors (Lipinski definition) is 0. The molecule has 4 heteroatoms. The largest absolute Gasteiger partial charge is 0.423 e. The molecule has 18 heavy (non-hydrogen) atoms. The molecule has 0 spiro atoms. The van der Waals surface area contributed by atoms with E-state index in [0.29, 0.717) is 11.3 Å². The summed E-state index contributed by atoms with van der Waals surface area (Å²) in [5.41, 5.74) is 1.44. The van der Waals surface area contributed by atoms with E-state index in [2.05, 4.69) is 5.18 Å². The maximum atomic E-state index is 11.3. The van der Waals surface area contributed by atoms with E-state index >= 15 is 0 Å². The second-order valence-corrected chi connectivity index (χ2v) is 4.18. The third-order valence-electron chi connectivity index (χ3n) is 3.01. The van der Waals surface area contributed by atoms with E-state index in [9.17, 15) is 9.70 Å². The van der Waals surface area contributed by atoms with Crippen LogP contribution in [-0.2, 0) is 0 Å². The van der Waals surface area contributed by atoms with Crippen molar-refractivity contribution in [3.63, 3.8) is 0 Å². The molecule has 1 aromatic heterocycles. The van der Waals surface area contributed by atoms with Crippen molar-refractivity contribution in [1.29, 1.82) is 0 Å². The van der Waals surface area contributed by atoms with Crippen LogP contribution in [0.1, 0.15) is 5.56 Å². The van der Waals surface area contributed by atoms with Gasteiger partial charge in [0.1, 0.15) is 11.3 Å². The Hall–Kier alpha value is -2.49. The first kappa shape index (κ1) is 10.7. The van der Waals surface area contributed by atoms with Crippen molar-refractivity contribution in [2.75, 3.05) is 0 Å². The fourth-order valence-corrected chi connectivity index (χ4v) is 2.23. The molecule has 0 aliphatic carbocycles. The van der Waals surface area contributed by atoms with Crippen LogP contribution in [0.3, 0.4) is 0 Å². The van der Waals surface area contributed by atoms with Gasteiger partial charge in [0.05, 0.1) is 0 Å². The molecule has 0 bridgehead atoms. The number of rotatable bonds is 1. The summed E-state index contributed by atoms with van der Waals surface area (Å²) in [4.78, 5) is 21.8. The standard InChI is InChI=1S/C14H9NO3/c1-8-6-13(16)18-12-5-2-9-7-10(15-17)3-4-11(9)14(8)12/h2-7H,1H3. The van der Waals surface area contributed by atoms with Crippen LogP contribution in [0.4, 0.5) is 5.69 Å². The van der Waals surface area contributed by atoms with Gasteiger partial charge in [-0.25, -0.2) is 4.79 Å². The van der Waals surface area contributed by atoms with Crippen molar-refractivity contribution < 1.29 is 4.42 Å². The van der Waals surface area contributed by atoms with Crippen LogP contribution in [0, 0.1) is 11.8 Å². The van der Waals surface area contributed by atoms with Crippen molar-refractivity contribution in [3.05, 3.63) is 57.3 Å². The van der Waals surface area contributed by atoms with E-state index in [1.807, 2.05) is 19.1 Å². The third-order valence-corrected chi connectivity index (χ3v) is 3.01. The summed E-state index contributed by atoms with van der Waals surface area (Å²) in [7, 11) is 0. The monoisotopic (exact) mass is 239 g/mol. The Labute approximate surface area is 102 Å². The van der Waals surface area contributed by atoms with E-state index in [0.717, 1.165) is 21.7 Å². The van der Waals surface area contributed by atoms with Crippen LogP contribution in [0.15, 0.2) is 50.8 Å². The predicted molar refractivity (Wildman–Crippen MR) is 70.2 cm³/mol. The van der Waals surface area contributed by atoms with Crippen LogP contribution in [0.2, 0.25) is 0 Å². The molecule has 0 atom stereocenters. The predicted octanol–water partition coefficient (Wildman–Crippen LogP) is 3.65. The van der Waals surface area contributed by atoms with Gasteiger partial charge in [-0.3, -0.25) is 0 Å². The van der Waals surface area contributed by atoms with Crippen molar-refractivity contribution in [1.82, 2.24) is 0 Å². The Balaban J connectivity index is 2.53. The molecule has 3 rings (SSSR count). The smallest absolute Gasteiger partial charge is 0.336 e. The van der Waals surface area contributed by atoms with Crippen LogP contribution in [0.25, 0.3) is 21.7 Å². The van der Waals surface area contributed by atoms with Crippen molar-refractivity contribution in [3.8, 4) is 0 Å². The van der Waals surface area contributed by atoms with Gasteiger partial charge in [-0.15, -0.1) is 4.91 Å². The van der Waals surface area contributed by atoms with Crippen LogP contribution in [-0.4, -0.2) is 0 Å². The Morgan fingerprint density at radius 1 is 1.11 bits per heavy atom. The lowest BCUT2D eigenvalue weighted by molar-refractivity contribution is 0.560. The number of benzene rings is 2. The van der Waals surface area contributed by atoms with Gasteiger partial charge in [-0.2, -0.15) is 0 Å². The summed E-state index contributed by atoms with van der Waals surface area (Å²) < 4.78 is 5.17. The van der Waals surface area contributed by atoms with Crippen LogP contribution < -0.4 is 5.63 Å². The highest BCUT2D eigenvalue weighted by atomic mass is 16.4. The fourth-order valence-electron chi connectivity index (χ4n) is 2.23. The summed E-state index contributed by atoms with van der Waals surface area (Å²) in [5.74, 6) is 0. The average Bonchev–Trinajstić information content (AvgIpc) is 2.37. The van der Waals surface area contributed by atoms with Gasteiger partial charge in [0.25, 0.3) is 0 Å². The molecule has 0 saturated heterocycles. The quantitative estimate of drug-likeness (QED) is 0.370. The number of nitrogens with zero attached hydrogens (tertiary/aromatic N) is 1. The van der Waals surface area contributed by atoms with Crippen molar-refractivity contribution >= 4 is 27.4 Å². The number of aryl methyl sites for hydroxylation is 1. The summed E-state index contributed by atoms with van der Waals surface area (Å²) in [6.07, 6.45) is 0. The zero-order chi connectivity index (χ0) is 12.7. The van der Waals surface area contributed by atoms with Crippen LogP contribution in [0.5, 0.6) is 0 Å². The molecule has 3 aromatic rings. The fraction of sp³-hybridized carbons (Fsp3) is 0.0714. The van der Waals surface area contributed by atoms with E-state index in [1.165, 1.54) is 6.07 Å². The minimum absolute atomic E-state index is 0.356. The van der Waals surface area contributed by atoms with Crippen molar-refractivity contribution in [2.24, 2.45) is 5.18 Å². The second-order valence-electron chi connectivity index (χ2n) is 4.18. The minimum Gasteiger partial charge on any atom is -0.423 e. The summed E-state index contributed by atoms with van der Waals surface area (Å²) >= 11 is 0. The number of hydrogen-bond acceptors (Lipinski definition) is 4. The maximum Gasteiger partial charge on any atom is 0.336 e. The average molecular weight is 239 g/mol. The second kappa shape index (κ2) is 3.77. The lowest BCUT2D eigenvalue weighted by Gasteiger charge is -2.05. The molecule has 0 radical (unpaired) electrons. The van der Waals surface area contributed by atoms with Gasteiger partial charge >= 0.3 is 5.63 Å². The molecule has 0 amide bonds. The van der Waals surface area contributed by atoms with E-state index in [-0.39, 0.29) is 5.63 Å². The third kappa shape index (κ3) is 1.50. The highest BCUT2D eigenvalue weighted by molar-refractivity contribution is 6.07. The Morgan fingerprint density at radius 3 is 2.72 bits per heavy atom. The van der Waals surface area contributed by atoms with Crippen LogP contribution >= 0.6 is 0 Å². The molecule has 88 valence electrons. The van der Waals surface area contributed by atoms with Gasteiger partial charge in [-0.05, 0) is 46.6 Å². The Bertz CT molecular complexity index is 833. The number of fused-ring (bicyclic) bond motifs is 3. The lowest BCUT2D eigenvalue weighted by atomic mass is 10.0. The highest BCUT2D eigenvalue weighted by Gasteiger charge is 2.07. The molecule has 1 heterocycles. The first-order valence-corrected chi connectivity index (χ1v) is 5.49. The van der Waals surface area contributed by atoms with Gasteiger partial charge in [-0.1, -0.05) is 12.1 Å². The van der Waals surface area contributed by atoms with Gasteiger partial charge in [0.2, 0.25) is 0 Å². The molecule has 0 N–H and O–H groups in total. The van der Waals surface area contributed by atoms with E-state index < -0.39 is 0 Å². The minimum atomic E-state index is -0.356. The molecular weight excluding hydrogens is 230 g/mol. The first-order chi connectivity index (χ1) is 8.69. The number of nitroso groups, excluding NO2 is 1. The zero-order valence-corrected chi connectivity index (χ0v) is 9.64.